The van der Waals surface area contributed by atoms with Crippen LogP contribution in [0, 0.1) is 0 Å². The third kappa shape index (κ3) is 2.14. The molecule has 0 unspecified atom stereocenters. The lowest BCUT2D eigenvalue weighted by molar-refractivity contribution is 0.0956. The van der Waals surface area contributed by atoms with Gasteiger partial charge in [0.05, 0.1) is 16.6 Å². The summed E-state index contributed by atoms with van der Waals surface area (Å²) in [6, 6.07) is 9.65. The summed E-state index contributed by atoms with van der Waals surface area (Å²) in [6.07, 6.45) is 1.79. The summed E-state index contributed by atoms with van der Waals surface area (Å²) >= 11 is 0. The SMILES string of the molecule is CN(C)c1cc(-c2nc3cccc4c3n2CCNC4=O)ccn1. The van der Waals surface area contributed by atoms with E-state index in [9.17, 15) is 4.79 Å². The van der Waals surface area contributed by atoms with Crippen LogP contribution in [0.15, 0.2) is 36.5 Å². The van der Waals surface area contributed by atoms with Gasteiger partial charge in [-0.15, -0.1) is 0 Å². The highest BCUT2D eigenvalue weighted by Crippen LogP contribution is 2.29. The summed E-state index contributed by atoms with van der Waals surface area (Å²) in [7, 11) is 3.92. The Morgan fingerprint density at radius 2 is 2.13 bits per heavy atom. The van der Waals surface area contributed by atoms with E-state index >= 15 is 0 Å². The number of imidazole rings is 1. The second-order valence-corrected chi connectivity index (χ2v) is 5.81. The van der Waals surface area contributed by atoms with Gasteiger partial charge in [0.2, 0.25) is 0 Å². The van der Waals surface area contributed by atoms with Crippen LogP contribution in [0.3, 0.4) is 0 Å². The van der Waals surface area contributed by atoms with Crippen molar-refractivity contribution in [3.8, 4) is 11.4 Å². The molecule has 6 nitrogen and oxygen atoms in total. The first kappa shape index (κ1) is 13.8. The fourth-order valence-electron chi connectivity index (χ4n) is 2.99. The van der Waals surface area contributed by atoms with Crippen molar-refractivity contribution in [1.82, 2.24) is 19.9 Å². The van der Waals surface area contributed by atoms with Crippen LogP contribution in [0.25, 0.3) is 22.4 Å². The Morgan fingerprint density at radius 1 is 1.26 bits per heavy atom. The molecule has 0 spiro atoms. The van der Waals surface area contributed by atoms with Gasteiger partial charge in [-0.2, -0.15) is 0 Å². The molecule has 1 aliphatic rings. The molecule has 1 aromatic carbocycles. The molecule has 23 heavy (non-hydrogen) atoms. The number of anilines is 1. The highest BCUT2D eigenvalue weighted by Gasteiger charge is 2.21. The molecule has 1 aliphatic heterocycles. The molecule has 0 atom stereocenters. The lowest BCUT2D eigenvalue weighted by Crippen LogP contribution is -2.24. The number of nitrogens with zero attached hydrogens (tertiary/aromatic N) is 4. The van der Waals surface area contributed by atoms with Gasteiger partial charge in [0.15, 0.2) is 0 Å². The fraction of sp³-hybridized carbons (Fsp3) is 0.235. The zero-order valence-electron chi connectivity index (χ0n) is 13.1. The monoisotopic (exact) mass is 307 g/mol. The van der Waals surface area contributed by atoms with Gasteiger partial charge in [0.1, 0.15) is 11.6 Å². The van der Waals surface area contributed by atoms with Crippen LogP contribution in [0.2, 0.25) is 0 Å². The summed E-state index contributed by atoms with van der Waals surface area (Å²) in [5, 5.41) is 2.94. The lowest BCUT2D eigenvalue weighted by atomic mass is 10.2. The molecule has 0 radical (unpaired) electrons. The molecule has 0 aliphatic carbocycles. The maximum absolute atomic E-state index is 12.2. The second kappa shape index (κ2) is 5.08. The number of nitrogens with one attached hydrogen (secondary N) is 1. The average Bonchev–Trinajstić information content (AvgIpc) is 2.84. The van der Waals surface area contributed by atoms with Gasteiger partial charge in [0.25, 0.3) is 5.91 Å². The first-order chi connectivity index (χ1) is 11.1. The number of hydrogen-bond donors (Lipinski definition) is 1. The predicted molar refractivity (Wildman–Crippen MR) is 89.6 cm³/mol. The first-order valence-corrected chi connectivity index (χ1v) is 7.56. The summed E-state index contributed by atoms with van der Waals surface area (Å²) in [6.45, 7) is 1.30. The molecule has 0 bridgehead atoms. The van der Waals surface area contributed by atoms with E-state index in [-0.39, 0.29) is 5.91 Å². The minimum absolute atomic E-state index is 0.0375. The van der Waals surface area contributed by atoms with E-state index in [1.165, 1.54) is 0 Å². The maximum Gasteiger partial charge on any atom is 0.253 e. The van der Waals surface area contributed by atoms with Crippen molar-refractivity contribution < 1.29 is 4.79 Å². The van der Waals surface area contributed by atoms with Crippen molar-refractivity contribution in [3.63, 3.8) is 0 Å². The number of aromatic nitrogens is 3. The Kier molecular flexibility index (Phi) is 3.04. The van der Waals surface area contributed by atoms with Gasteiger partial charge in [-0.3, -0.25) is 4.79 Å². The zero-order valence-corrected chi connectivity index (χ0v) is 13.1. The number of amides is 1. The number of rotatable bonds is 2. The minimum Gasteiger partial charge on any atom is -0.363 e. The topological polar surface area (TPSA) is 63.1 Å². The van der Waals surface area contributed by atoms with E-state index in [1.54, 1.807) is 6.20 Å². The largest absolute Gasteiger partial charge is 0.363 e. The molecule has 4 rings (SSSR count). The highest BCUT2D eigenvalue weighted by atomic mass is 16.1. The van der Waals surface area contributed by atoms with Crippen molar-refractivity contribution in [2.24, 2.45) is 0 Å². The molecule has 116 valence electrons. The third-order valence-corrected chi connectivity index (χ3v) is 4.09. The minimum atomic E-state index is -0.0375. The highest BCUT2D eigenvalue weighted by molar-refractivity contribution is 6.06. The molecule has 0 saturated carbocycles. The van der Waals surface area contributed by atoms with Crippen LogP contribution in [-0.2, 0) is 6.54 Å². The molecule has 0 saturated heterocycles. The van der Waals surface area contributed by atoms with Gasteiger partial charge in [-0.25, -0.2) is 9.97 Å². The van der Waals surface area contributed by atoms with Gasteiger partial charge in [-0.1, -0.05) is 6.07 Å². The van der Waals surface area contributed by atoms with Crippen molar-refractivity contribution in [2.75, 3.05) is 25.5 Å². The Labute approximate surface area is 133 Å². The molecule has 2 aromatic heterocycles. The van der Waals surface area contributed by atoms with Crippen LogP contribution in [0.5, 0.6) is 0 Å². The summed E-state index contributed by atoms with van der Waals surface area (Å²) in [4.78, 5) is 23.3. The standard InChI is InChI=1S/C17H17N5O/c1-21(2)14-10-11(6-7-18-14)16-20-13-5-3-4-12-15(13)22(16)9-8-19-17(12)23/h3-7,10H,8-9H2,1-2H3,(H,19,23). The van der Waals surface area contributed by atoms with Crippen molar-refractivity contribution in [1.29, 1.82) is 0 Å². The Bertz CT molecular complexity index is 912. The summed E-state index contributed by atoms with van der Waals surface area (Å²) in [5.41, 5.74) is 3.43. The molecule has 3 aromatic rings. The Balaban J connectivity index is 1.98. The number of pyridine rings is 1. The predicted octanol–water partition coefficient (Wildman–Crippen LogP) is 1.91. The average molecular weight is 307 g/mol. The maximum atomic E-state index is 12.2. The van der Waals surface area contributed by atoms with Crippen LogP contribution in [0.1, 0.15) is 10.4 Å². The molecule has 6 heteroatoms. The van der Waals surface area contributed by atoms with Crippen LogP contribution >= 0.6 is 0 Å². The van der Waals surface area contributed by atoms with E-state index in [2.05, 4.69) is 14.9 Å². The van der Waals surface area contributed by atoms with Crippen LogP contribution in [-0.4, -0.2) is 41.1 Å². The number of hydrogen-bond acceptors (Lipinski definition) is 4. The van der Waals surface area contributed by atoms with E-state index in [0.717, 1.165) is 28.2 Å². The van der Waals surface area contributed by atoms with E-state index in [0.29, 0.717) is 18.7 Å². The molecule has 0 fully saturated rings. The lowest BCUT2D eigenvalue weighted by Gasteiger charge is -2.13. The van der Waals surface area contributed by atoms with E-state index in [1.807, 2.05) is 49.3 Å². The molecular weight excluding hydrogens is 290 g/mol. The number of carbonyl (C=O) groups excluding carboxylic acids is 1. The second-order valence-electron chi connectivity index (χ2n) is 5.81. The normalized spacial score (nSPS) is 13.7. The third-order valence-electron chi connectivity index (χ3n) is 4.09. The zero-order chi connectivity index (χ0) is 16.0. The number of benzene rings is 1. The Hall–Kier alpha value is -2.89. The number of para-hydroxylation sites is 1. The van der Waals surface area contributed by atoms with Gasteiger partial charge < -0.3 is 14.8 Å². The summed E-state index contributed by atoms with van der Waals surface area (Å²) < 4.78 is 2.12. The van der Waals surface area contributed by atoms with Crippen molar-refractivity contribution in [2.45, 2.75) is 6.54 Å². The van der Waals surface area contributed by atoms with Crippen molar-refractivity contribution >= 4 is 22.8 Å². The van der Waals surface area contributed by atoms with Crippen LogP contribution in [0.4, 0.5) is 5.82 Å². The van der Waals surface area contributed by atoms with E-state index < -0.39 is 0 Å². The van der Waals surface area contributed by atoms with Crippen LogP contribution < -0.4 is 10.2 Å². The quantitative estimate of drug-likeness (QED) is 0.785. The molecule has 1 amide bonds. The molecule has 1 N–H and O–H groups in total. The van der Waals surface area contributed by atoms with Gasteiger partial charge in [-0.05, 0) is 24.3 Å². The Morgan fingerprint density at radius 3 is 2.96 bits per heavy atom. The molecule has 3 heterocycles. The molecular formula is C17H17N5O. The van der Waals surface area contributed by atoms with Gasteiger partial charge in [0, 0.05) is 38.9 Å². The number of carbonyl (C=O) groups is 1. The van der Waals surface area contributed by atoms with E-state index in [4.69, 9.17) is 4.98 Å². The summed E-state index contributed by atoms with van der Waals surface area (Å²) in [5.74, 6) is 1.71. The first-order valence-electron chi connectivity index (χ1n) is 7.56. The fourth-order valence-corrected chi connectivity index (χ4v) is 2.99. The van der Waals surface area contributed by atoms with Crippen molar-refractivity contribution in [3.05, 3.63) is 42.1 Å². The smallest absolute Gasteiger partial charge is 0.253 e. The van der Waals surface area contributed by atoms with Gasteiger partial charge >= 0.3 is 0 Å².